The summed E-state index contributed by atoms with van der Waals surface area (Å²) in [4.78, 5) is 26.6. The Balaban J connectivity index is 1.87. The van der Waals surface area contributed by atoms with Gasteiger partial charge in [-0.25, -0.2) is 4.79 Å². The number of hydrogen-bond donors (Lipinski definition) is 0. The van der Waals surface area contributed by atoms with Gasteiger partial charge in [0.05, 0.1) is 12.1 Å². The van der Waals surface area contributed by atoms with E-state index in [4.69, 9.17) is 4.74 Å². The molecular formula is C19H17F3N2O4. The van der Waals surface area contributed by atoms with Gasteiger partial charge in [0, 0.05) is 17.4 Å². The smallest absolute Gasteiger partial charge is 0.429 e. The van der Waals surface area contributed by atoms with Gasteiger partial charge < -0.3 is 9.47 Å². The standard InChI is InChI=1S/C19H17F3N2O4/c1-18(2)11-23(13-6-8-15(9-7-13)28-19(20,21)22)17(26)24(18)14-4-3-5-16(10-14)27-12-25/h3-10,12H,11H2,1-2H3. The molecule has 3 rings (SSSR count). The maximum atomic E-state index is 13.0. The van der Waals surface area contributed by atoms with Crippen molar-refractivity contribution >= 4 is 23.9 Å². The molecule has 0 unspecified atom stereocenters. The Kier molecular flexibility index (Phi) is 4.93. The van der Waals surface area contributed by atoms with Crippen molar-refractivity contribution in [3.63, 3.8) is 0 Å². The normalized spacial score (nSPS) is 16.2. The molecule has 0 saturated carbocycles. The van der Waals surface area contributed by atoms with Crippen LogP contribution < -0.4 is 19.3 Å². The molecule has 1 fully saturated rings. The Hall–Kier alpha value is -3.23. The highest BCUT2D eigenvalue weighted by molar-refractivity contribution is 6.07. The number of hydrogen-bond acceptors (Lipinski definition) is 4. The Morgan fingerprint density at radius 3 is 2.32 bits per heavy atom. The number of halogens is 3. The van der Waals surface area contributed by atoms with Gasteiger partial charge in [0.1, 0.15) is 11.5 Å². The van der Waals surface area contributed by atoms with Crippen LogP contribution in [-0.2, 0) is 4.79 Å². The molecule has 2 aromatic rings. The van der Waals surface area contributed by atoms with E-state index in [0.29, 0.717) is 30.1 Å². The Bertz CT molecular complexity index is 881. The summed E-state index contributed by atoms with van der Waals surface area (Å²) in [6, 6.07) is 11.3. The number of carbonyl (C=O) groups excluding carboxylic acids is 2. The van der Waals surface area contributed by atoms with Crippen molar-refractivity contribution < 1.29 is 32.2 Å². The van der Waals surface area contributed by atoms with Crippen molar-refractivity contribution in [1.29, 1.82) is 0 Å². The van der Waals surface area contributed by atoms with Gasteiger partial charge in [0.25, 0.3) is 6.47 Å². The molecule has 148 valence electrons. The van der Waals surface area contributed by atoms with Crippen LogP contribution in [0.1, 0.15) is 13.8 Å². The largest absolute Gasteiger partial charge is 0.573 e. The zero-order valence-corrected chi connectivity index (χ0v) is 15.1. The molecule has 28 heavy (non-hydrogen) atoms. The summed E-state index contributed by atoms with van der Waals surface area (Å²) in [7, 11) is 0. The lowest BCUT2D eigenvalue weighted by atomic mass is 10.0. The van der Waals surface area contributed by atoms with E-state index < -0.39 is 11.9 Å². The minimum atomic E-state index is -4.78. The van der Waals surface area contributed by atoms with Crippen molar-refractivity contribution in [3.05, 3.63) is 48.5 Å². The van der Waals surface area contributed by atoms with Crippen molar-refractivity contribution in [1.82, 2.24) is 0 Å². The third-order valence-electron chi connectivity index (χ3n) is 4.21. The molecule has 0 spiro atoms. The molecular weight excluding hydrogens is 377 g/mol. The van der Waals surface area contributed by atoms with Crippen LogP contribution in [0.3, 0.4) is 0 Å². The van der Waals surface area contributed by atoms with E-state index >= 15 is 0 Å². The highest BCUT2D eigenvalue weighted by Gasteiger charge is 2.44. The lowest BCUT2D eigenvalue weighted by Crippen LogP contribution is -2.42. The topological polar surface area (TPSA) is 59.1 Å². The summed E-state index contributed by atoms with van der Waals surface area (Å²) in [6.07, 6.45) is -4.78. The number of amides is 2. The molecule has 0 aromatic heterocycles. The minimum absolute atomic E-state index is 0.295. The van der Waals surface area contributed by atoms with Crippen molar-refractivity contribution in [3.8, 4) is 11.5 Å². The second-order valence-corrected chi connectivity index (χ2v) is 6.77. The maximum absolute atomic E-state index is 13.0. The van der Waals surface area contributed by atoms with Gasteiger partial charge in [-0.2, -0.15) is 0 Å². The van der Waals surface area contributed by atoms with Crippen LogP contribution in [0.25, 0.3) is 0 Å². The first-order valence-corrected chi connectivity index (χ1v) is 8.29. The molecule has 2 amide bonds. The van der Waals surface area contributed by atoms with Crippen molar-refractivity contribution in [2.24, 2.45) is 0 Å². The van der Waals surface area contributed by atoms with Crippen LogP contribution in [-0.4, -0.2) is 30.9 Å². The van der Waals surface area contributed by atoms with Crippen molar-refractivity contribution in [2.75, 3.05) is 16.3 Å². The second-order valence-electron chi connectivity index (χ2n) is 6.77. The predicted molar refractivity (Wildman–Crippen MR) is 95.6 cm³/mol. The number of urea groups is 1. The van der Waals surface area contributed by atoms with Crippen LogP contribution >= 0.6 is 0 Å². The molecule has 0 atom stereocenters. The Morgan fingerprint density at radius 1 is 1.04 bits per heavy atom. The van der Waals surface area contributed by atoms with Crippen LogP contribution in [0, 0.1) is 0 Å². The van der Waals surface area contributed by atoms with Gasteiger partial charge >= 0.3 is 12.4 Å². The summed E-state index contributed by atoms with van der Waals surface area (Å²) in [5.41, 5.74) is 0.363. The second kappa shape index (κ2) is 7.06. The fourth-order valence-electron chi connectivity index (χ4n) is 3.15. The number of alkyl halides is 3. The molecule has 1 aliphatic heterocycles. The fraction of sp³-hybridized carbons (Fsp3) is 0.263. The first-order valence-electron chi connectivity index (χ1n) is 8.29. The number of nitrogens with zero attached hydrogens (tertiary/aromatic N) is 2. The number of rotatable bonds is 5. The molecule has 0 radical (unpaired) electrons. The molecule has 6 nitrogen and oxygen atoms in total. The van der Waals surface area contributed by atoms with Crippen LogP contribution in [0.2, 0.25) is 0 Å². The van der Waals surface area contributed by atoms with E-state index in [2.05, 4.69) is 4.74 Å². The first kappa shape index (κ1) is 19.5. The molecule has 0 bridgehead atoms. The van der Waals surface area contributed by atoms with Crippen LogP contribution in [0.5, 0.6) is 11.5 Å². The Labute approximate surface area is 159 Å². The highest BCUT2D eigenvalue weighted by Crippen LogP contribution is 2.36. The fourth-order valence-corrected chi connectivity index (χ4v) is 3.15. The van der Waals surface area contributed by atoms with Gasteiger partial charge in [-0.1, -0.05) is 6.07 Å². The van der Waals surface area contributed by atoms with Crippen LogP contribution in [0.15, 0.2) is 48.5 Å². The van der Waals surface area contributed by atoms with Gasteiger partial charge in [0.15, 0.2) is 0 Å². The average molecular weight is 394 g/mol. The quantitative estimate of drug-likeness (QED) is 0.708. The molecule has 0 N–H and O–H groups in total. The maximum Gasteiger partial charge on any atom is 0.573 e. The van der Waals surface area contributed by atoms with E-state index in [-0.39, 0.29) is 11.8 Å². The summed E-state index contributed by atoms with van der Waals surface area (Å²) in [5, 5.41) is 0. The predicted octanol–water partition coefficient (Wildman–Crippen LogP) is 4.35. The summed E-state index contributed by atoms with van der Waals surface area (Å²) < 4.78 is 45.6. The van der Waals surface area contributed by atoms with Gasteiger partial charge in [0.2, 0.25) is 0 Å². The van der Waals surface area contributed by atoms with Gasteiger partial charge in [-0.15, -0.1) is 13.2 Å². The minimum Gasteiger partial charge on any atom is -0.429 e. The highest BCUT2D eigenvalue weighted by atomic mass is 19.4. The van der Waals surface area contributed by atoms with Crippen LogP contribution in [0.4, 0.5) is 29.3 Å². The third-order valence-corrected chi connectivity index (χ3v) is 4.21. The third kappa shape index (κ3) is 4.03. The lowest BCUT2D eigenvalue weighted by molar-refractivity contribution is -0.274. The van der Waals surface area contributed by atoms with E-state index in [9.17, 15) is 22.8 Å². The van der Waals surface area contributed by atoms with Gasteiger partial charge in [-0.05, 0) is 50.2 Å². The molecule has 2 aromatic carbocycles. The number of carbonyl (C=O) groups is 2. The van der Waals surface area contributed by atoms with E-state index in [1.807, 2.05) is 13.8 Å². The summed E-state index contributed by atoms with van der Waals surface area (Å²) in [5.74, 6) is -0.0686. The summed E-state index contributed by atoms with van der Waals surface area (Å²) in [6.45, 7) is 4.33. The first-order chi connectivity index (χ1) is 13.1. The average Bonchev–Trinajstić information content (AvgIpc) is 2.84. The van der Waals surface area contributed by atoms with Crippen molar-refractivity contribution in [2.45, 2.75) is 25.7 Å². The lowest BCUT2D eigenvalue weighted by Gasteiger charge is -2.29. The SMILES string of the molecule is CC1(C)CN(c2ccc(OC(F)(F)F)cc2)C(=O)N1c1cccc(OC=O)c1. The number of ether oxygens (including phenoxy) is 2. The monoisotopic (exact) mass is 394 g/mol. The molecule has 1 heterocycles. The number of benzene rings is 2. The number of anilines is 2. The molecule has 1 aliphatic rings. The van der Waals surface area contributed by atoms with E-state index in [1.54, 1.807) is 29.2 Å². The molecule has 1 saturated heterocycles. The van der Waals surface area contributed by atoms with Gasteiger partial charge in [-0.3, -0.25) is 14.6 Å². The van der Waals surface area contributed by atoms with E-state index in [1.165, 1.54) is 17.0 Å². The molecule has 0 aliphatic carbocycles. The molecule has 9 heteroatoms. The summed E-state index contributed by atoms with van der Waals surface area (Å²) >= 11 is 0. The zero-order chi connectivity index (χ0) is 20.5. The Morgan fingerprint density at radius 2 is 1.71 bits per heavy atom. The van der Waals surface area contributed by atoms with E-state index in [0.717, 1.165) is 12.1 Å². The zero-order valence-electron chi connectivity index (χ0n) is 15.1.